The quantitative estimate of drug-likeness (QED) is 0.0228. The molecule has 1 saturated heterocycles. The molecule has 402 valence electrons. The van der Waals surface area contributed by atoms with Gasteiger partial charge in [-0.05, 0) is 103 Å². The summed E-state index contributed by atoms with van der Waals surface area (Å²) in [4.78, 5) is 50.9. The first-order valence-corrected chi connectivity index (χ1v) is 27.2. The summed E-state index contributed by atoms with van der Waals surface area (Å²) in [6.07, 6.45) is 48.4. The summed E-state index contributed by atoms with van der Waals surface area (Å²) < 4.78 is 28.2. The minimum Gasteiger partial charge on any atom is -0.479 e. The monoisotopic (exact) mass is 995 g/mol. The Labute approximate surface area is 428 Å². The van der Waals surface area contributed by atoms with E-state index in [1.165, 1.54) is 38.5 Å². The van der Waals surface area contributed by atoms with Crippen LogP contribution in [0, 0.1) is 0 Å². The number of unbranched alkanes of at least 4 members (excludes halogenated alkanes) is 14. The van der Waals surface area contributed by atoms with Crippen molar-refractivity contribution in [3.8, 4) is 0 Å². The van der Waals surface area contributed by atoms with Crippen molar-refractivity contribution in [3.05, 3.63) is 97.2 Å². The Kier molecular flexibility index (Phi) is 42.5. The highest BCUT2D eigenvalue weighted by Crippen LogP contribution is 2.26. The number of ether oxygens (including phenoxy) is 5. The second kappa shape index (κ2) is 46.7. The molecule has 0 saturated carbocycles. The third-order valence-electron chi connectivity index (χ3n) is 11.6. The lowest BCUT2D eigenvalue weighted by Gasteiger charge is -2.40. The summed E-state index contributed by atoms with van der Waals surface area (Å²) in [5, 5.41) is 31.3. The number of aliphatic carboxylic acids is 1. The van der Waals surface area contributed by atoms with E-state index in [9.17, 15) is 34.5 Å². The molecule has 1 aliphatic rings. The first-order valence-electron chi connectivity index (χ1n) is 27.2. The highest BCUT2D eigenvalue weighted by Gasteiger charge is 2.50. The van der Waals surface area contributed by atoms with Crippen LogP contribution in [0.3, 0.4) is 0 Å². The number of carboxylic acid groups (broad SMARTS) is 1. The molecule has 1 fully saturated rings. The van der Waals surface area contributed by atoms with Gasteiger partial charge in [0.05, 0.1) is 6.61 Å². The van der Waals surface area contributed by atoms with Crippen LogP contribution in [-0.4, -0.2) is 89.2 Å². The molecule has 0 bridgehead atoms. The number of hydrogen-bond donors (Lipinski definition) is 3. The third kappa shape index (κ3) is 37.1. The SMILES string of the molecule is CC/C=C\C/C=C\C/C=C\C/C=C\CCC(=O)OC1C(OCC(COC(=O)CCCCCCC/C=C\CCCCCCCC)OC(=O)CCCCC/C=C\C/C=C\C/C=C\CC)OC(C(=O)O)C(O)C1O. The van der Waals surface area contributed by atoms with Gasteiger partial charge in [-0.1, -0.05) is 176 Å². The standard InChI is InChI=1S/C59H94O12/c1-4-7-10-13-16-19-22-25-26-29-30-33-36-39-42-45-51(60)67-48-50(69-52(61)46-43-40-37-34-31-27-23-20-17-14-11-8-5-2)49-68-59-57(55(64)54(63)56(71-59)58(65)66)70-53(62)47-44-41-38-35-32-28-24-21-18-15-12-9-6-3/h8-9,11-12,17-18,20-21,25-28,31-32,38,41,50,54-57,59,63-64H,4-7,10,13-16,19,22-24,29-30,33-37,39-40,42-49H2,1-3H3,(H,65,66)/b11-8-,12-9-,20-17-,21-18-,26-25-,31-27-,32-28-,41-38-. The van der Waals surface area contributed by atoms with E-state index in [1.54, 1.807) is 0 Å². The molecule has 0 aromatic heterocycles. The van der Waals surface area contributed by atoms with E-state index in [4.69, 9.17) is 23.7 Å². The van der Waals surface area contributed by atoms with Crippen molar-refractivity contribution in [1.29, 1.82) is 0 Å². The Balaban J connectivity index is 2.79. The fourth-order valence-electron chi connectivity index (χ4n) is 7.51. The summed E-state index contributed by atoms with van der Waals surface area (Å²) in [7, 11) is 0. The van der Waals surface area contributed by atoms with Crippen LogP contribution in [-0.2, 0) is 42.9 Å². The van der Waals surface area contributed by atoms with Crippen molar-refractivity contribution in [2.45, 2.75) is 237 Å². The molecule has 0 spiro atoms. The van der Waals surface area contributed by atoms with Gasteiger partial charge in [0.25, 0.3) is 0 Å². The van der Waals surface area contributed by atoms with E-state index in [1.807, 2.05) is 18.2 Å². The number of allylic oxidation sites excluding steroid dienone is 16. The zero-order chi connectivity index (χ0) is 51.8. The first-order chi connectivity index (χ1) is 34.6. The highest BCUT2D eigenvalue weighted by molar-refractivity contribution is 5.74. The summed E-state index contributed by atoms with van der Waals surface area (Å²) >= 11 is 0. The number of hydrogen-bond acceptors (Lipinski definition) is 11. The number of carboxylic acids is 1. The van der Waals surface area contributed by atoms with Crippen LogP contribution in [0.4, 0.5) is 0 Å². The molecule has 0 radical (unpaired) electrons. The minimum absolute atomic E-state index is 0.0691. The van der Waals surface area contributed by atoms with Crippen molar-refractivity contribution in [2.24, 2.45) is 0 Å². The van der Waals surface area contributed by atoms with Gasteiger partial charge in [0, 0.05) is 19.3 Å². The van der Waals surface area contributed by atoms with Gasteiger partial charge in [-0.15, -0.1) is 0 Å². The summed E-state index contributed by atoms with van der Waals surface area (Å²) in [5.74, 6) is -3.29. The van der Waals surface area contributed by atoms with E-state index in [2.05, 4.69) is 99.8 Å². The number of rotatable bonds is 44. The molecule has 0 aliphatic carbocycles. The van der Waals surface area contributed by atoms with E-state index in [0.717, 1.165) is 96.3 Å². The minimum atomic E-state index is -1.93. The van der Waals surface area contributed by atoms with Crippen molar-refractivity contribution < 1.29 is 58.2 Å². The van der Waals surface area contributed by atoms with Crippen LogP contribution in [0.25, 0.3) is 0 Å². The first kappa shape index (κ1) is 64.7. The third-order valence-corrected chi connectivity index (χ3v) is 11.6. The fraction of sp³-hybridized carbons (Fsp3) is 0.661. The molecule has 6 unspecified atom stereocenters. The number of carbonyl (C=O) groups is 4. The Morgan fingerprint density at radius 3 is 1.44 bits per heavy atom. The van der Waals surface area contributed by atoms with E-state index in [-0.39, 0.29) is 25.9 Å². The number of aliphatic hydroxyl groups excluding tert-OH is 2. The fourth-order valence-corrected chi connectivity index (χ4v) is 7.51. The van der Waals surface area contributed by atoms with Crippen molar-refractivity contribution in [3.63, 3.8) is 0 Å². The van der Waals surface area contributed by atoms with Crippen molar-refractivity contribution >= 4 is 23.9 Å². The molecule has 0 aromatic carbocycles. The maximum Gasteiger partial charge on any atom is 0.335 e. The average Bonchev–Trinajstić information content (AvgIpc) is 3.35. The predicted molar refractivity (Wildman–Crippen MR) is 284 cm³/mol. The van der Waals surface area contributed by atoms with Crippen LogP contribution in [0.2, 0.25) is 0 Å². The molecule has 6 atom stereocenters. The summed E-state index contributed by atoms with van der Waals surface area (Å²) in [6, 6.07) is 0. The molecule has 0 amide bonds. The molecule has 71 heavy (non-hydrogen) atoms. The molecule has 12 heteroatoms. The Bertz CT molecular complexity index is 1610. The lowest BCUT2D eigenvalue weighted by atomic mass is 9.98. The average molecular weight is 995 g/mol. The molecule has 1 heterocycles. The van der Waals surface area contributed by atoms with Crippen molar-refractivity contribution in [2.75, 3.05) is 13.2 Å². The van der Waals surface area contributed by atoms with Gasteiger partial charge in [0.15, 0.2) is 24.6 Å². The zero-order valence-corrected chi connectivity index (χ0v) is 43.9. The van der Waals surface area contributed by atoms with Crippen LogP contribution < -0.4 is 0 Å². The molecular weight excluding hydrogens is 901 g/mol. The van der Waals surface area contributed by atoms with E-state index < -0.39 is 67.3 Å². The number of aliphatic hydroxyl groups is 2. The number of carbonyl (C=O) groups excluding carboxylic acids is 3. The van der Waals surface area contributed by atoms with Crippen LogP contribution in [0.5, 0.6) is 0 Å². The van der Waals surface area contributed by atoms with E-state index >= 15 is 0 Å². The van der Waals surface area contributed by atoms with Gasteiger partial charge < -0.3 is 39.0 Å². The molecule has 1 aliphatic heterocycles. The maximum atomic E-state index is 13.1. The van der Waals surface area contributed by atoms with Gasteiger partial charge in [0.1, 0.15) is 18.8 Å². The van der Waals surface area contributed by atoms with Crippen LogP contribution >= 0.6 is 0 Å². The Hall–Kier alpha value is -4.36. The van der Waals surface area contributed by atoms with Gasteiger partial charge in [0.2, 0.25) is 0 Å². The summed E-state index contributed by atoms with van der Waals surface area (Å²) in [5.41, 5.74) is 0. The van der Waals surface area contributed by atoms with Gasteiger partial charge in [-0.25, -0.2) is 4.79 Å². The smallest absolute Gasteiger partial charge is 0.335 e. The van der Waals surface area contributed by atoms with Gasteiger partial charge in [-0.3, -0.25) is 14.4 Å². The molecular formula is C59H94O12. The van der Waals surface area contributed by atoms with E-state index in [0.29, 0.717) is 25.7 Å². The highest BCUT2D eigenvalue weighted by atomic mass is 16.7. The largest absolute Gasteiger partial charge is 0.479 e. The lowest BCUT2D eigenvalue weighted by molar-refractivity contribution is -0.301. The van der Waals surface area contributed by atoms with Gasteiger partial charge in [-0.2, -0.15) is 0 Å². The summed E-state index contributed by atoms with van der Waals surface area (Å²) in [6.45, 7) is 5.66. The topological polar surface area (TPSA) is 175 Å². The maximum absolute atomic E-state index is 13.1. The molecule has 0 aromatic rings. The Morgan fingerprint density at radius 2 is 0.915 bits per heavy atom. The molecule has 1 rings (SSSR count). The second-order valence-electron chi connectivity index (χ2n) is 18.1. The predicted octanol–water partition coefficient (Wildman–Crippen LogP) is 13.3. The normalized spacial score (nSPS) is 19.3. The zero-order valence-electron chi connectivity index (χ0n) is 43.9. The van der Waals surface area contributed by atoms with Crippen LogP contribution in [0.1, 0.15) is 201 Å². The van der Waals surface area contributed by atoms with Crippen molar-refractivity contribution in [1.82, 2.24) is 0 Å². The lowest BCUT2D eigenvalue weighted by Crippen LogP contribution is -2.61. The number of esters is 3. The van der Waals surface area contributed by atoms with Gasteiger partial charge >= 0.3 is 23.9 Å². The molecule has 12 nitrogen and oxygen atoms in total. The Morgan fingerprint density at radius 1 is 0.479 bits per heavy atom. The second-order valence-corrected chi connectivity index (χ2v) is 18.1. The molecule has 3 N–H and O–H groups in total. The van der Waals surface area contributed by atoms with Crippen LogP contribution in [0.15, 0.2) is 97.2 Å².